The van der Waals surface area contributed by atoms with E-state index in [4.69, 9.17) is 14.2 Å². The van der Waals surface area contributed by atoms with Crippen molar-refractivity contribution in [2.45, 2.75) is 155 Å². The molecule has 0 fully saturated rings. The predicted molar refractivity (Wildman–Crippen MR) is 233 cm³/mol. The minimum absolute atomic E-state index is 0.119. The van der Waals surface area contributed by atoms with E-state index in [0.717, 1.165) is 89.9 Å². The molecule has 0 amide bonds. The highest BCUT2D eigenvalue weighted by Crippen LogP contribution is 2.11. The molecular formula is C49H74O6. The first kappa shape index (κ1) is 50.8. The van der Waals surface area contributed by atoms with Gasteiger partial charge in [0.15, 0.2) is 6.10 Å². The summed E-state index contributed by atoms with van der Waals surface area (Å²) in [6, 6.07) is 0. The minimum atomic E-state index is -0.836. The van der Waals surface area contributed by atoms with Gasteiger partial charge in [-0.1, -0.05) is 181 Å². The molecule has 0 aliphatic rings. The van der Waals surface area contributed by atoms with Crippen LogP contribution in [-0.2, 0) is 28.6 Å². The van der Waals surface area contributed by atoms with Crippen LogP contribution in [0.1, 0.15) is 149 Å². The molecule has 6 nitrogen and oxygen atoms in total. The summed E-state index contributed by atoms with van der Waals surface area (Å²) in [5.41, 5.74) is 0. The summed E-state index contributed by atoms with van der Waals surface area (Å²) in [4.78, 5) is 37.5. The Labute approximate surface area is 335 Å². The lowest BCUT2D eigenvalue weighted by atomic mass is 10.1. The Bertz CT molecular complexity index is 1240. The van der Waals surface area contributed by atoms with E-state index in [0.29, 0.717) is 6.42 Å². The fraction of sp³-hybridized carbons (Fsp3) is 0.531. The van der Waals surface area contributed by atoms with Gasteiger partial charge in [0.1, 0.15) is 13.2 Å². The van der Waals surface area contributed by atoms with Crippen LogP contribution < -0.4 is 0 Å². The molecule has 306 valence electrons. The number of esters is 3. The van der Waals surface area contributed by atoms with Crippen LogP contribution in [0.2, 0.25) is 0 Å². The standard InChI is InChI=1S/C49H74O6/c1-4-7-10-13-16-19-21-22-23-24-25-26-28-30-33-36-39-42-48(51)54-45-46(44-53-47(50)41-38-35-32-29-18-15-12-9-6-3)55-49(52)43-40-37-34-31-27-20-17-14-11-8-5-2/h7,9-10,12-14,16-19,21-26,28-29,35,38,46H,4-6,8,11,15,20,27,30-34,36-37,39-45H2,1-3H3/b10-7-,12-9-,16-13-,17-14-,21-19-,23-22-,25-24+,28-26-,29-18-,38-35-. The fourth-order valence-corrected chi connectivity index (χ4v) is 4.98. The van der Waals surface area contributed by atoms with Crippen LogP contribution in [0.5, 0.6) is 0 Å². The summed E-state index contributed by atoms with van der Waals surface area (Å²) in [5.74, 6) is -1.13. The van der Waals surface area contributed by atoms with Crippen LogP contribution in [0.25, 0.3) is 0 Å². The maximum atomic E-state index is 12.7. The molecule has 0 saturated carbocycles. The maximum absolute atomic E-state index is 12.7. The van der Waals surface area contributed by atoms with Crippen LogP contribution >= 0.6 is 0 Å². The smallest absolute Gasteiger partial charge is 0.309 e. The molecule has 0 aromatic carbocycles. The molecule has 0 rings (SSSR count). The summed E-state index contributed by atoms with van der Waals surface area (Å²) in [7, 11) is 0. The highest BCUT2D eigenvalue weighted by Gasteiger charge is 2.19. The molecule has 0 saturated heterocycles. The number of carbonyl (C=O) groups is 3. The molecule has 0 heterocycles. The normalized spacial score (nSPS) is 13.3. The van der Waals surface area contributed by atoms with Crippen LogP contribution in [0.3, 0.4) is 0 Å². The molecular weight excluding hydrogens is 685 g/mol. The van der Waals surface area contributed by atoms with Gasteiger partial charge in [-0.2, -0.15) is 0 Å². The molecule has 55 heavy (non-hydrogen) atoms. The summed E-state index contributed by atoms with van der Waals surface area (Å²) in [5, 5.41) is 0. The van der Waals surface area contributed by atoms with Gasteiger partial charge in [-0.25, -0.2) is 0 Å². The second-order valence-corrected chi connectivity index (χ2v) is 13.3. The molecule has 6 heteroatoms. The average Bonchev–Trinajstić information content (AvgIpc) is 3.18. The van der Waals surface area contributed by atoms with Gasteiger partial charge in [-0.15, -0.1) is 0 Å². The van der Waals surface area contributed by atoms with E-state index in [1.165, 1.54) is 12.8 Å². The summed E-state index contributed by atoms with van der Waals surface area (Å²) in [6.45, 7) is 6.14. The van der Waals surface area contributed by atoms with Crippen LogP contribution in [-0.4, -0.2) is 37.2 Å². The third-order valence-corrected chi connectivity index (χ3v) is 8.13. The number of carbonyl (C=O) groups excluding carboxylic acids is 3. The monoisotopic (exact) mass is 759 g/mol. The van der Waals surface area contributed by atoms with Crippen molar-refractivity contribution in [3.05, 3.63) is 122 Å². The van der Waals surface area contributed by atoms with Crippen molar-refractivity contribution in [1.82, 2.24) is 0 Å². The number of rotatable bonds is 35. The van der Waals surface area contributed by atoms with Crippen LogP contribution in [0, 0.1) is 0 Å². The van der Waals surface area contributed by atoms with Crippen molar-refractivity contribution in [2.75, 3.05) is 13.2 Å². The zero-order chi connectivity index (χ0) is 40.1. The number of allylic oxidation sites excluding steroid dienone is 19. The molecule has 0 radical (unpaired) electrons. The lowest BCUT2D eigenvalue weighted by molar-refractivity contribution is -0.166. The van der Waals surface area contributed by atoms with Gasteiger partial charge in [-0.3, -0.25) is 14.4 Å². The molecule has 1 unspecified atom stereocenters. The highest BCUT2D eigenvalue weighted by molar-refractivity contribution is 5.72. The Morgan fingerprint density at radius 1 is 0.418 bits per heavy atom. The topological polar surface area (TPSA) is 78.9 Å². The summed E-state index contributed by atoms with van der Waals surface area (Å²) in [6.07, 6.45) is 57.8. The molecule has 0 N–H and O–H groups in total. The van der Waals surface area contributed by atoms with Gasteiger partial charge in [0, 0.05) is 12.8 Å². The Morgan fingerprint density at radius 2 is 0.873 bits per heavy atom. The first-order valence-corrected chi connectivity index (χ1v) is 21.1. The number of unbranched alkanes of at least 4 members (excludes halogenated alkanes) is 10. The molecule has 0 aromatic heterocycles. The van der Waals surface area contributed by atoms with Gasteiger partial charge >= 0.3 is 17.9 Å². The SMILES string of the molecule is CC\C=C/C=C\C=C/C=C\C=C\C=C/CCCCCC(=O)OCC(COC(=O)C/C=C\C/C=C\C/C=C\CC)OC(=O)CCCCCCC/C=C\CCCC. The first-order chi connectivity index (χ1) is 27.0. The van der Waals surface area contributed by atoms with E-state index < -0.39 is 12.1 Å². The average molecular weight is 759 g/mol. The highest BCUT2D eigenvalue weighted by atomic mass is 16.6. The molecule has 0 spiro atoms. The molecule has 1 atom stereocenters. The largest absolute Gasteiger partial charge is 0.462 e. The first-order valence-electron chi connectivity index (χ1n) is 21.1. The number of ether oxygens (including phenoxy) is 3. The second-order valence-electron chi connectivity index (χ2n) is 13.3. The summed E-state index contributed by atoms with van der Waals surface area (Å²) >= 11 is 0. The maximum Gasteiger partial charge on any atom is 0.309 e. The van der Waals surface area contributed by atoms with E-state index in [9.17, 15) is 14.4 Å². The lowest BCUT2D eigenvalue weighted by Gasteiger charge is -2.18. The molecule has 0 aliphatic heterocycles. The van der Waals surface area contributed by atoms with E-state index in [2.05, 4.69) is 69.4 Å². The van der Waals surface area contributed by atoms with Gasteiger partial charge in [-0.05, 0) is 70.6 Å². The Balaban J connectivity index is 4.57. The van der Waals surface area contributed by atoms with Gasteiger partial charge in [0.25, 0.3) is 0 Å². The summed E-state index contributed by atoms with van der Waals surface area (Å²) < 4.78 is 16.5. The van der Waals surface area contributed by atoms with Gasteiger partial charge in [0.05, 0.1) is 6.42 Å². The predicted octanol–water partition coefficient (Wildman–Crippen LogP) is 13.4. The zero-order valence-electron chi connectivity index (χ0n) is 34.6. The van der Waals surface area contributed by atoms with Crippen molar-refractivity contribution in [3.8, 4) is 0 Å². The third kappa shape index (κ3) is 40.8. The van der Waals surface area contributed by atoms with Crippen molar-refractivity contribution < 1.29 is 28.6 Å². The second kappa shape index (κ2) is 42.6. The van der Waals surface area contributed by atoms with Crippen LogP contribution in [0.15, 0.2) is 122 Å². The van der Waals surface area contributed by atoms with Crippen molar-refractivity contribution in [3.63, 3.8) is 0 Å². The van der Waals surface area contributed by atoms with E-state index in [-0.39, 0.29) is 44.4 Å². The molecule has 0 bridgehead atoms. The Kier molecular flexibility index (Phi) is 39.3. The van der Waals surface area contributed by atoms with Gasteiger partial charge < -0.3 is 14.2 Å². The minimum Gasteiger partial charge on any atom is -0.462 e. The van der Waals surface area contributed by atoms with E-state index in [1.54, 1.807) is 6.08 Å². The Hall–Kier alpha value is -4.19. The van der Waals surface area contributed by atoms with E-state index >= 15 is 0 Å². The number of hydrogen-bond acceptors (Lipinski definition) is 6. The number of hydrogen-bond donors (Lipinski definition) is 0. The molecule has 0 aromatic rings. The van der Waals surface area contributed by atoms with Crippen molar-refractivity contribution in [1.29, 1.82) is 0 Å². The lowest BCUT2D eigenvalue weighted by Crippen LogP contribution is -2.30. The third-order valence-electron chi connectivity index (χ3n) is 8.13. The van der Waals surface area contributed by atoms with Gasteiger partial charge in [0.2, 0.25) is 0 Å². The zero-order valence-corrected chi connectivity index (χ0v) is 34.6. The molecule has 0 aliphatic carbocycles. The quantitative estimate of drug-likeness (QED) is 0.0210. The van der Waals surface area contributed by atoms with Crippen LogP contribution in [0.4, 0.5) is 0 Å². The van der Waals surface area contributed by atoms with Crippen molar-refractivity contribution >= 4 is 17.9 Å². The Morgan fingerprint density at radius 3 is 1.49 bits per heavy atom. The van der Waals surface area contributed by atoms with Crippen molar-refractivity contribution in [2.24, 2.45) is 0 Å². The fourth-order valence-electron chi connectivity index (χ4n) is 4.98. The van der Waals surface area contributed by atoms with E-state index in [1.807, 2.05) is 66.8 Å².